The fraction of sp³-hybridized carbons (Fsp3) is 0.846. The summed E-state index contributed by atoms with van der Waals surface area (Å²) in [7, 11) is 0. The highest BCUT2D eigenvalue weighted by atomic mass is 16.2. The number of carbonyl (C=O) groups excluding carboxylic acids is 2. The first-order valence-electron chi connectivity index (χ1n) is 6.81. The van der Waals surface area contributed by atoms with Crippen LogP contribution in [0.1, 0.15) is 26.7 Å². The van der Waals surface area contributed by atoms with E-state index in [0.717, 1.165) is 25.9 Å². The third-order valence-electron chi connectivity index (χ3n) is 3.23. The van der Waals surface area contributed by atoms with E-state index in [1.807, 2.05) is 4.90 Å². The molecule has 5 nitrogen and oxygen atoms in total. The van der Waals surface area contributed by atoms with Gasteiger partial charge in [-0.3, -0.25) is 9.59 Å². The number of hydrogen-bond acceptors (Lipinski definition) is 3. The first-order chi connectivity index (χ1) is 8.63. The molecule has 0 unspecified atom stereocenters. The number of carbonyl (C=O) groups is 2. The monoisotopic (exact) mass is 255 g/mol. The van der Waals surface area contributed by atoms with Crippen molar-refractivity contribution in [3.05, 3.63) is 0 Å². The van der Waals surface area contributed by atoms with E-state index >= 15 is 0 Å². The molecule has 0 bridgehead atoms. The topological polar surface area (TPSA) is 52.7 Å². The summed E-state index contributed by atoms with van der Waals surface area (Å²) in [6.45, 7) is 8.78. The van der Waals surface area contributed by atoms with Crippen molar-refractivity contribution in [1.82, 2.24) is 15.1 Å². The molecule has 0 atom stereocenters. The maximum absolute atomic E-state index is 11.9. The van der Waals surface area contributed by atoms with Gasteiger partial charge in [0.25, 0.3) is 0 Å². The summed E-state index contributed by atoms with van der Waals surface area (Å²) in [6.07, 6.45) is 2.56. The van der Waals surface area contributed by atoms with Gasteiger partial charge in [0, 0.05) is 39.1 Å². The number of nitrogens with one attached hydrogen (secondary N) is 1. The first kappa shape index (κ1) is 15.0. The number of amides is 2. The number of nitrogens with zero attached hydrogens (tertiary/aromatic N) is 2. The summed E-state index contributed by atoms with van der Waals surface area (Å²) in [5.74, 6) is 0.891. The second kappa shape index (κ2) is 8.08. The minimum absolute atomic E-state index is 0.192. The van der Waals surface area contributed by atoms with Crippen molar-refractivity contribution in [3.63, 3.8) is 0 Å². The Bertz CT molecular complexity index is 261. The van der Waals surface area contributed by atoms with Gasteiger partial charge in [0.05, 0.1) is 0 Å². The minimum Gasteiger partial charge on any atom is -0.342 e. The number of piperazine rings is 1. The third-order valence-corrected chi connectivity index (χ3v) is 3.23. The molecule has 0 spiro atoms. The molecule has 0 saturated carbocycles. The molecule has 1 N–H and O–H groups in total. The Hall–Kier alpha value is -1.10. The average molecular weight is 255 g/mol. The van der Waals surface area contributed by atoms with E-state index in [4.69, 9.17) is 0 Å². The summed E-state index contributed by atoms with van der Waals surface area (Å²) in [6, 6.07) is 0. The summed E-state index contributed by atoms with van der Waals surface area (Å²) in [5, 5.41) is 3.29. The average Bonchev–Trinajstić information content (AvgIpc) is 2.38. The van der Waals surface area contributed by atoms with E-state index in [1.54, 1.807) is 4.90 Å². The second-order valence-electron chi connectivity index (χ2n) is 5.20. The van der Waals surface area contributed by atoms with Crippen LogP contribution in [0.25, 0.3) is 0 Å². The van der Waals surface area contributed by atoms with Crippen molar-refractivity contribution in [1.29, 1.82) is 0 Å². The van der Waals surface area contributed by atoms with Gasteiger partial charge in [-0.25, -0.2) is 0 Å². The number of hydrogen-bond donors (Lipinski definition) is 1. The molecule has 0 radical (unpaired) electrons. The van der Waals surface area contributed by atoms with E-state index in [2.05, 4.69) is 19.2 Å². The van der Waals surface area contributed by atoms with E-state index in [9.17, 15) is 9.59 Å². The lowest BCUT2D eigenvalue weighted by molar-refractivity contribution is -0.135. The molecular weight excluding hydrogens is 230 g/mol. The molecule has 0 aromatic heterocycles. The summed E-state index contributed by atoms with van der Waals surface area (Å²) >= 11 is 0. The van der Waals surface area contributed by atoms with Gasteiger partial charge in [-0.2, -0.15) is 0 Å². The molecule has 1 rings (SSSR count). The quantitative estimate of drug-likeness (QED) is 0.526. The maximum Gasteiger partial charge on any atom is 0.223 e. The van der Waals surface area contributed by atoms with Gasteiger partial charge in [0.2, 0.25) is 12.3 Å². The Balaban J connectivity index is 2.08. The van der Waals surface area contributed by atoms with Gasteiger partial charge in [-0.15, -0.1) is 0 Å². The zero-order valence-electron chi connectivity index (χ0n) is 11.5. The van der Waals surface area contributed by atoms with Crippen LogP contribution in [0.5, 0.6) is 0 Å². The van der Waals surface area contributed by atoms with Gasteiger partial charge >= 0.3 is 0 Å². The molecule has 104 valence electrons. The predicted octanol–water partition coefficient (Wildman–Crippen LogP) is 0.313. The van der Waals surface area contributed by atoms with Crippen LogP contribution in [0.15, 0.2) is 0 Å². The van der Waals surface area contributed by atoms with Crippen LogP contribution < -0.4 is 5.32 Å². The highest BCUT2D eigenvalue weighted by Gasteiger charge is 2.19. The minimum atomic E-state index is 0.192. The molecule has 0 aromatic carbocycles. The fourth-order valence-corrected chi connectivity index (χ4v) is 1.95. The molecule has 0 aromatic rings. The van der Waals surface area contributed by atoms with Crippen LogP contribution in [0.2, 0.25) is 0 Å². The van der Waals surface area contributed by atoms with E-state index in [0.29, 0.717) is 38.5 Å². The Labute approximate surface area is 110 Å². The van der Waals surface area contributed by atoms with Gasteiger partial charge < -0.3 is 15.1 Å². The zero-order valence-corrected chi connectivity index (χ0v) is 11.5. The van der Waals surface area contributed by atoms with Crippen molar-refractivity contribution in [2.45, 2.75) is 26.7 Å². The first-order valence-corrected chi connectivity index (χ1v) is 6.81. The molecule has 2 amide bonds. The Morgan fingerprint density at radius 1 is 1.22 bits per heavy atom. The van der Waals surface area contributed by atoms with E-state index in [-0.39, 0.29) is 5.91 Å². The molecule has 1 fully saturated rings. The van der Waals surface area contributed by atoms with Gasteiger partial charge in [0.15, 0.2) is 0 Å². The third kappa shape index (κ3) is 5.49. The van der Waals surface area contributed by atoms with Crippen LogP contribution in [0.3, 0.4) is 0 Å². The molecule has 1 aliphatic heterocycles. The van der Waals surface area contributed by atoms with E-state index < -0.39 is 0 Å². The highest BCUT2D eigenvalue weighted by molar-refractivity contribution is 5.76. The van der Waals surface area contributed by atoms with Crippen molar-refractivity contribution >= 4 is 12.3 Å². The fourth-order valence-electron chi connectivity index (χ4n) is 1.95. The van der Waals surface area contributed by atoms with Crippen molar-refractivity contribution < 1.29 is 9.59 Å². The van der Waals surface area contributed by atoms with Gasteiger partial charge in [0.1, 0.15) is 0 Å². The van der Waals surface area contributed by atoms with E-state index in [1.165, 1.54) is 0 Å². The number of rotatable bonds is 7. The Morgan fingerprint density at radius 2 is 1.89 bits per heavy atom. The van der Waals surface area contributed by atoms with Crippen molar-refractivity contribution in [2.75, 3.05) is 39.3 Å². The largest absolute Gasteiger partial charge is 0.342 e. The summed E-state index contributed by atoms with van der Waals surface area (Å²) < 4.78 is 0. The molecule has 18 heavy (non-hydrogen) atoms. The lowest BCUT2D eigenvalue weighted by Gasteiger charge is -2.32. The summed E-state index contributed by atoms with van der Waals surface area (Å²) in [4.78, 5) is 26.0. The Morgan fingerprint density at radius 3 is 2.44 bits per heavy atom. The summed E-state index contributed by atoms with van der Waals surface area (Å²) in [5.41, 5.74) is 0. The normalized spacial score (nSPS) is 16.2. The van der Waals surface area contributed by atoms with Crippen molar-refractivity contribution in [2.24, 2.45) is 5.92 Å². The zero-order chi connectivity index (χ0) is 13.4. The predicted molar refractivity (Wildman–Crippen MR) is 71.2 cm³/mol. The lowest BCUT2D eigenvalue weighted by Crippen LogP contribution is -2.48. The standard InChI is InChI=1S/C13H25N3O2/c1-12(2)3-5-14-6-4-13(18)16-9-7-15(11-17)8-10-16/h11-12,14H,3-10H2,1-2H3. The SMILES string of the molecule is CC(C)CCNCCC(=O)N1CCN(C=O)CC1. The van der Waals surface area contributed by atoms with Crippen molar-refractivity contribution in [3.8, 4) is 0 Å². The molecule has 0 aliphatic carbocycles. The van der Waals surface area contributed by atoms with Crippen LogP contribution in [0, 0.1) is 5.92 Å². The van der Waals surface area contributed by atoms with Gasteiger partial charge in [-0.1, -0.05) is 13.8 Å². The molecular formula is C13H25N3O2. The van der Waals surface area contributed by atoms with Crippen LogP contribution in [0.4, 0.5) is 0 Å². The van der Waals surface area contributed by atoms with Gasteiger partial charge in [-0.05, 0) is 18.9 Å². The highest BCUT2D eigenvalue weighted by Crippen LogP contribution is 2.02. The maximum atomic E-state index is 11.9. The molecule has 1 aliphatic rings. The molecule has 5 heteroatoms. The molecule has 1 heterocycles. The van der Waals surface area contributed by atoms with Crippen LogP contribution in [-0.4, -0.2) is 61.4 Å². The molecule has 1 saturated heterocycles. The smallest absolute Gasteiger partial charge is 0.223 e. The second-order valence-corrected chi connectivity index (χ2v) is 5.20. The van der Waals surface area contributed by atoms with Crippen LogP contribution >= 0.6 is 0 Å². The van der Waals surface area contributed by atoms with Crippen LogP contribution in [-0.2, 0) is 9.59 Å². The Kier molecular flexibility index (Phi) is 6.72. The lowest BCUT2D eigenvalue weighted by atomic mass is 10.1.